The highest BCUT2D eigenvalue weighted by atomic mass is 15.1. The average Bonchev–Trinajstić information content (AvgIpc) is 3.60. The maximum atomic E-state index is 5.19. The largest absolute Gasteiger partial charge is 0.307 e. The normalized spacial score (nSPS) is 11.8. The monoisotopic (exact) mass is 538 g/mol. The topological polar surface area (TPSA) is 61.4 Å². The van der Waals surface area contributed by atoms with Gasteiger partial charge in [-0.2, -0.15) is 0 Å². The number of para-hydroxylation sites is 3. The molecule has 42 heavy (non-hydrogen) atoms. The third-order valence-electron chi connectivity index (χ3n) is 8.13. The summed E-state index contributed by atoms with van der Waals surface area (Å²) in [6.07, 6.45) is 7.27. The van der Waals surface area contributed by atoms with Crippen LogP contribution in [0.5, 0.6) is 0 Å². The molecule has 196 valence electrons. The summed E-state index contributed by atoms with van der Waals surface area (Å²) >= 11 is 0. The molecule has 0 aliphatic rings. The van der Waals surface area contributed by atoms with E-state index >= 15 is 0 Å². The van der Waals surface area contributed by atoms with Crippen LogP contribution in [0.3, 0.4) is 0 Å². The molecule has 0 fully saturated rings. The van der Waals surface area contributed by atoms with Crippen molar-refractivity contribution in [1.82, 2.24) is 29.1 Å². The maximum absolute atomic E-state index is 5.19. The van der Waals surface area contributed by atoms with E-state index in [4.69, 9.17) is 9.97 Å². The van der Waals surface area contributed by atoms with Crippen LogP contribution in [0.2, 0.25) is 0 Å². The Hall–Kier alpha value is -5.88. The number of nitrogens with zero attached hydrogens (tertiary/aromatic N) is 6. The number of aromatic nitrogens is 6. The molecule has 0 bridgehead atoms. The van der Waals surface area contributed by atoms with Crippen LogP contribution in [0, 0.1) is 0 Å². The fourth-order valence-corrected chi connectivity index (χ4v) is 6.45. The molecule has 0 atom stereocenters. The summed E-state index contributed by atoms with van der Waals surface area (Å²) in [7, 11) is 0. The van der Waals surface area contributed by atoms with Crippen LogP contribution >= 0.6 is 0 Å². The Kier molecular flexibility index (Phi) is 4.80. The SMILES string of the molecule is c1ccc(-c2cncc(-n3c4ccccc4c4c5cncnc5c5c6ccccc6n(-c6ccccc6)c5c43)n2)cc1. The van der Waals surface area contributed by atoms with Gasteiger partial charge in [-0.1, -0.05) is 84.9 Å². The van der Waals surface area contributed by atoms with E-state index < -0.39 is 0 Å². The highest BCUT2D eigenvalue weighted by Gasteiger charge is 2.25. The summed E-state index contributed by atoms with van der Waals surface area (Å²) in [5.74, 6) is 0.755. The van der Waals surface area contributed by atoms with Gasteiger partial charge in [-0.25, -0.2) is 15.0 Å². The van der Waals surface area contributed by atoms with E-state index in [-0.39, 0.29) is 0 Å². The maximum Gasteiger partial charge on any atom is 0.156 e. The number of rotatable bonds is 3. The lowest BCUT2D eigenvalue weighted by atomic mass is 10.0. The van der Waals surface area contributed by atoms with Crippen molar-refractivity contribution in [3.63, 3.8) is 0 Å². The van der Waals surface area contributed by atoms with Crippen LogP contribution in [-0.2, 0) is 0 Å². The van der Waals surface area contributed by atoms with Crippen molar-refractivity contribution in [2.75, 3.05) is 0 Å². The van der Waals surface area contributed by atoms with E-state index in [1.165, 1.54) is 0 Å². The van der Waals surface area contributed by atoms with E-state index in [0.717, 1.165) is 77.3 Å². The van der Waals surface area contributed by atoms with Crippen LogP contribution < -0.4 is 0 Å². The molecule has 9 rings (SSSR count). The summed E-state index contributed by atoms with van der Waals surface area (Å²) in [5, 5.41) is 5.46. The van der Waals surface area contributed by atoms with Gasteiger partial charge in [0.05, 0.1) is 45.7 Å². The fourth-order valence-electron chi connectivity index (χ4n) is 6.45. The van der Waals surface area contributed by atoms with Gasteiger partial charge in [0.25, 0.3) is 0 Å². The molecule has 0 saturated heterocycles. The molecule has 0 spiro atoms. The van der Waals surface area contributed by atoms with Crippen molar-refractivity contribution < 1.29 is 0 Å². The van der Waals surface area contributed by atoms with Gasteiger partial charge in [0.1, 0.15) is 6.33 Å². The Morgan fingerprint density at radius 2 is 1.14 bits per heavy atom. The standard InChI is InChI=1S/C36H22N6/c1-3-11-23(12-4-1)28-20-37-21-31(40-28)42-30-18-10-7-15-25(30)32-27-19-38-22-39-34(27)33-26-16-8-9-17-29(26)41(36(33)35(32)42)24-13-5-2-6-14-24/h1-22H. The number of fused-ring (bicyclic) bond motifs is 10. The Balaban J connectivity index is 1.57. The van der Waals surface area contributed by atoms with Crippen LogP contribution in [0.15, 0.2) is 134 Å². The minimum atomic E-state index is 0.755. The van der Waals surface area contributed by atoms with Crippen molar-refractivity contribution in [2.45, 2.75) is 0 Å². The minimum Gasteiger partial charge on any atom is -0.307 e. The molecule has 0 radical (unpaired) electrons. The van der Waals surface area contributed by atoms with Crippen LogP contribution in [0.4, 0.5) is 0 Å². The lowest BCUT2D eigenvalue weighted by molar-refractivity contribution is 1.04. The van der Waals surface area contributed by atoms with E-state index in [2.05, 4.69) is 110 Å². The van der Waals surface area contributed by atoms with Gasteiger partial charge >= 0.3 is 0 Å². The Labute approximate surface area is 240 Å². The second kappa shape index (κ2) is 8.81. The highest BCUT2D eigenvalue weighted by molar-refractivity contribution is 6.35. The number of hydrogen-bond donors (Lipinski definition) is 0. The first-order chi connectivity index (χ1) is 20.9. The van der Waals surface area contributed by atoms with E-state index in [1.54, 1.807) is 6.33 Å². The Morgan fingerprint density at radius 1 is 0.500 bits per heavy atom. The lowest BCUT2D eigenvalue weighted by Gasteiger charge is -2.13. The van der Waals surface area contributed by atoms with Gasteiger partial charge in [-0.15, -0.1) is 0 Å². The second-order valence-electron chi connectivity index (χ2n) is 10.4. The molecule has 6 heteroatoms. The highest BCUT2D eigenvalue weighted by Crippen LogP contribution is 2.45. The van der Waals surface area contributed by atoms with Gasteiger partial charge in [0, 0.05) is 44.4 Å². The summed E-state index contributed by atoms with van der Waals surface area (Å²) in [6.45, 7) is 0. The van der Waals surface area contributed by atoms with Gasteiger partial charge in [-0.3, -0.25) is 9.55 Å². The Morgan fingerprint density at radius 3 is 1.93 bits per heavy atom. The van der Waals surface area contributed by atoms with Crippen LogP contribution in [0.25, 0.3) is 77.3 Å². The van der Waals surface area contributed by atoms with Crippen molar-refractivity contribution in [1.29, 1.82) is 0 Å². The van der Waals surface area contributed by atoms with Crippen molar-refractivity contribution in [2.24, 2.45) is 0 Å². The van der Waals surface area contributed by atoms with Gasteiger partial charge in [0.2, 0.25) is 0 Å². The van der Waals surface area contributed by atoms with E-state index in [1.807, 2.05) is 36.8 Å². The zero-order valence-electron chi connectivity index (χ0n) is 22.4. The first-order valence-electron chi connectivity index (χ1n) is 13.9. The molecule has 6 nitrogen and oxygen atoms in total. The van der Waals surface area contributed by atoms with Crippen LogP contribution in [0.1, 0.15) is 0 Å². The molecular weight excluding hydrogens is 516 g/mol. The predicted octanol–water partition coefficient (Wildman–Crippen LogP) is 8.28. The van der Waals surface area contributed by atoms with Crippen molar-refractivity contribution in [3.05, 3.63) is 134 Å². The van der Waals surface area contributed by atoms with Crippen molar-refractivity contribution in [3.8, 4) is 22.8 Å². The molecule has 0 aliphatic heterocycles. The van der Waals surface area contributed by atoms with Crippen molar-refractivity contribution >= 4 is 54.5 Å². The van der Waals surface area contributed by atoms with Gasteiger partial charge in [-0.05, 0) is 24.3 Å². The Bertz CT molecular complexity index is 2460. The quantitative estimate of drug-likeness (QED) is 0.227. The molecule has 0 N–H and O–H groups in total. The lowest BCUT2D eigenvalue weighted by Crippen LogP contribution is -2.02. The molecule has 5 aromatic carbocycles. The van der Waals surface area contributed by atoms with E-state index in [9.17, 15) is 0 Å². The molecule has 4 aromatic heterocycles. The number of hydrogen-bond acceptors (Lipinski definition) is 4. The van der Waals surface area contributed by atoms with Crippen LogP contribution in [-0.4, -0.2) is 29.1 Å². The summed E-state index contributed by atoms with van der Waals surface area (Å²) in [6, 6.07) is 37.8. The molecule has 0 unspecified atom stereocenters. The van der Waals surface area contributed by atoms with Gasteiger partial charge < -0.3 is 4.57 Å². The molecule has 9 aromatic rings. The minimum absolute atomic E-state index is 0.755. The summed E-state index contributed by atoms with van der Waals surface area (Å²) in [5.41, 5.74) is 8.16. The molecular formula is C36H22N6. The molecule has 0 amide bonds. The number of benzene rings is 5. The molecule has 0 saturated carbocycles. The molecule has 0 aliphatic carbocycles. The summed E-state index contributed by atoms with van der Waals surface area (Å²) in [4.78, 5) is 19.3. The fraction of sp³-hybridized carbons (Fsp3) is 0. The predicted molar refractivity (Wildman–Crippen MR) is 169 cm³/mol. The third kappa shape index (κ3) is 3.14. The second-order valence-corrected chi connectivity index (χ2v) is 10.4. The zero-order valence-corrected chi connectivity index (χ0v) is 22.4. The first kappa shape index (κ1) is 22.9. The first-order valence-corrected chi connectivity index (χ1v) is 13.9. The van der Waals surface area contributed by atoms with E-state index in [0.29, 0.717) is 0 Å². The average molecular weight is 539 g/mol. The smallest absolute Gasteiger partial charge is 0.156 e. The molecule has 4 heterocycles. The summed E-state index contributed by atoms with van der Waals surface area (Å²) < 4.78 is 4.62. The van der Waals surface area contributed by atoms with Gasteiger partial charge in [0.15, 0.2) is 5.82 Å². The zero-order chi connectivity index (χ0) is 27.6. The third-order valence-corrected chi connectivity index (χ3v) is 8.13.